The number of carbonyl (C=O) groups is 1. The van der Waals surface area contributed by atoms with Crippen LogP contribution in [-0.4, -0.2) is 44.8 Å². The Morgan fingerprint density at radius 2 is 1.96 bits per heavy atom. The van der Waals surface area contributed by atoms with Crippen LogP contribution in [0.1, 0.15) is 23.2 Å². The van der Waals surface area contributed by atoms with Gasteiger partial charge in [-0.05, 0) is 31.0 Å². The number of nitrogens with one attached hydrogen (secondary N) is 1. The van der Waals surface area contributed by atoms with Gasteiger partial charge in [0.05, 0.1) is 24.0 Å². The van der Waals surface area contributed by atoms with E-state index in [1.165, 1.54) is 16.9 Å². The molecule has 1 saturated heterocycles. The Bertz CT molecular complexity index is 980. The number of anilines is 2. The fraction of sp³-hybridized carbons (Fsp3) is 0.333. The minimum Gasteiger partial charge on any atom is -0.356 e. The van der Waals surface area contributed by atoms with E-state index in [2.05, 4.69) is 20.4 Å². The maximum absolute atomic E-state index is 12.9. The molecule has 0 aromatic carbocycles. The van der Waals surface area contributed by atoms with Crippen LogP contribution in [0.2, 0.25) is 0 Å². The average molecular weight is 390 g/mol. The maximum atomic E-state index is 12.9. The van der Waals surface area contributed by atoms with E-state index in [-0.39, 0.29) is 37.4 Å². The molecule has 0 saturated carbocycles. The molecule has 0 radical (unpaired) electrons. The molecule has 0 spiro atoms. The van der Waals surface area contributed by atoms with Gasteiger partial charge in [-0.1, -0.05) is 0 Å². The third-order valence-corrected chi connectivity index (χ3v) is 4.80. The number of piperidine rings is 1. The van der Waals surface area contributed by atoms with Gasteiger partial charge in [-0.2, -0.15) is 18.3 Å². The zero-order valence-corrected chi connectivity index (χ0v) is 14.7. The van der Waals surface area contributed by atoms with Crippen LogP contribution in [0.4, 0.5) is 24.7 Å². The molecule has 146 valence electrons. The number of nitrogens with zero attached hydrogens (tertiary/aromatic N) is 5. The zero-order chi connectivity index (χ0) is 19.7. The molecule has 0 aliphatic carbocycles. The number of amides is 1. The van der Waals surface area contributed by atoms with Gasteiger partial charge < -0.3 is 10.2 Å². The van der Waals surface area contributed by atoms with Gasteiger partial charge in [0, 0.05) is 25.5 Å². The number of alkyl halides is 3. The van der Waals surface area contributed by atoms with Crippen LogP contribution in [0.15, 0.2) is 43.0 Å². The van der Waals surface area contributed by atoms with Crippen LogP contribution in [0.25, 0.3) is 5.65 Å². The summed E-state index contributed by atoms with van der Waals surface area (Å²) in [6.07, 6.45) is 2.08. The monoisotopic (exact) mass is 390 g/mol. The lowest BCUT2D eigenvalue weighted by Crippen LogP contribution is -2.39. The first-order chi connectivity index (χ1) is 13.4. The maximum Gasteiger partial charge on any atom is 0.391 e. The quantitative estimate of drug-likeness (QED) is 0.744. The van der Waals surface area contributed by atoms with Gasteiger partial charge >= 0.3 is 6.18 Å². The Labute approximate surface area is 158 Å². The van der Waals surface area contributed by atoms with Crippen molar-refractivity contribution in [2.24, 2.45) is 5.92 Å². The number of fused-ring (bicyclic) bond motifs is 1. The summed E-state index contributed by atoms with van der Waals surface area (Å²) < 4.78 is 40.1. The van der Waals surface area contributed by atoms with E-state index in [4.69, 9.17) is 0 Å². The van der Waals surface area contributed by atoms with Crippen LogP contribution in [0.3, 0.4) is 0 Å². The molecular weight excluding hydrogens is 373 g/mol. The molecule has 1 N–H and O–H groups in total. The molecule has 7 nitrogen and oxygen atoms in total. The summed E-state index contributed by atoms with van der Waals surface area (Å²) in [6, 6.07) is 5.10. The minimum atomic E-state index is -4.16. The lowest BCUT2D eigenvalue weighted by atomic mass is 9.96. The van der Waals surface area contributed by atoms with Gasteiger partial charge in [0.15, 0.2) is 5.65 Å². The molecule has 0 atom stereocenters. The van der Waals surface area contributed by atoms with Crippen molar-refractivity contribution in [3.63, 3.8) is 0 Å². The SMILES string of the molecule is O=C(Nc1cccnc1)c1cnn2ccc(N3CCC(C(F)(F)F)CC3)nc12. The molecule has 4 heterocycles. The van der Waals surface area contributed by atoms with Crippen molar-refractivity contribution in [2.45, 2.75) is 19.0 Å². The van der Waals surface area contributed by atoms with Crippen molar-refractivity contribution in [1.29, 1.82) is 0 Å². The van der Waals surface area contributed by atoms with E-state index in [9.17, 15) is 18.0 Å². The van der Waals surface area contributed by atoms with Crippen LogP contribution >= 0.6 is 0 Å². The second-order valence-electron chi connectivity index (χ2n) is 6.61. The van der Waals surface area contributed by atoms with E-state index < -0.39 is 12.1 Å². The molecular formula is C18H17F3N6O. The number of halogens is 3. The van der Waals surface area contributed by atoms with Crippen molar-refractivity contribution in [3.05, 3.63) is 48.5 Å². The molecule has 10 heteroatoms. The summed E-state index contributed by atoms with van der Waals surface area (Å²) in [4.78, 5) is 22.8. The molecule has 1 fully saturated rings. The predicted octanol–water partition coefficient (Wildman–Crippen LogP) is 3.16. The van der Waals surface area contributed by atoms with Gasteiger partial charge in [0.25, 0.3) is 5.91 Å². The fourth-order valence-electron chi connectivity index (χ4n) is 3.27. The number of hydrogen-bond acceptors (Lipinski definition) is 5. The molecule has 1 aliphatic heterocycles. The Morgan fingerprint density at radius 3 is 2.64 bits per heavy atom. The average Bonchev–Trinajstić information content (AvgIpc) is 3.11. The van der Waals surface area contributed by atoms with Gasteiger partial charge in [-0.15, -0.1) is 0 Å². The highest BCUT2D eigenvalue weighted by atomic mass is 19.4. The van der Waals surface area contributed by atoms with Crippen LogP contribution in [0.5, 0.6) is 0 Å². The van der Waals surface area contributed by atoms with Crippen LogP contribution < -0.4 is 10.2 Å². The Kier molecular flexibility index (Phi) is 4.62. The fourth-order valence-corrected chi connectivity index (χ4v) is 3.27. The first-order valence-electron chi connectivity index (χ1n) is 8.79. The van der Waals surface area contributed by atoms with Gasteiger partial charge in [-0.25, -0.2) is 9.50 Å². The van der Waals surface area contributed by atoms with E-state index in [0.717, 1.165) is 0 Å². The summed E-state index contributed by atoms with van der Waals surface area (Å²) >= 11 is 0. The number of hydrogen-bond donors (Lipinski definition) is 1. The highest BCUT2D eigenvalue weighted by molar-refractivity contribution is 6.08. The second-order valence-corrected chi connectivity index (χ2v) is 6.61. The largest absolute Gasteiger partial charge is 0.391 e. The van der Waals surface area contributed by atoms with Gasteiger partial charge in [-0.3, -0.25) is 9.78 Å². The summed E-state index contributed by atoms with van der Waals surface area (Å²) in [5.41, 5.74) is 1.16. The molecule has 3 aromatic rings. The third kappa shape index (κ3) is 3.62. The van der Waals surface area contributed by atoms with E-state index >= 15 is 0 Å². The highest BCUT2D eigenvalue weighted by Crippen LogP contribution is 2.35. The lowest BCUT2D eigenvalue weighted by molar-refractivity contribution is -0.179. The van der Waals surface area contributed by atoms with Crippen LogP contribution in [0, 0.1) is 5.92 Å². The first-order valence-corrected chi connectivity index (χ1v) is 8.79. The van der Waals surface area contributed by atoms with Crippen LogP contribution in [-0.2, 0) is 0 Å². The molecule has 0 bridgehead atoms. The van der Waals surface area contributed by atoms with Crippen molar-refractivity contribution < 1.29 is 18.0 Å². The van der Waals surface area contributed by atoms with E-state index in [1.54, 1.807) is 35.5 Å². The minimum absolute atomic E-state index is 0.0317. The Hall–Kier alpha value is -3.17. The zero-order valence-electron chi connectivity index (χ0n) is 14.7. The molecule has 1 aliphatic rings. The summed E-state index contributed by atoms with van der Waals surface area (Å²) in [7, 11) is 0. The van der Waals surface area contributed by atoms with Crippen molar-refractivity contribution in [3.8, 4) is 0 Å². The number of rotatable bonds is 3. The standard InChI is InChI=1S/C18H17F3N6O/c19-18(20,21)12-3-7-26(8-4-12)15-5-9-27-16(25-15)14(11-23-27)17(28)24-13-2-1-6-22-10-13/h1-2,5-6,9-12H,3-4,7-8H2,(H,24,28). The van der Waals surface area contributed by atoms with Gasteiger partial charge in [0.2, 0.25) is 0 Å². The predicted molar refractivity (Wildman–Crippen MR) is 96.2 cm³/mol. The topological polar surface area (TPSA) is 75.4 Å². The van der Waals surface area contributed by atoms with Crippen molar-refractivity contribution in [1.82, 2.24) is 19.6 Å². The van der Waals surface area contributed by atoms with Crippen molar-refractivity contribution in [2.75, 3.05) is 23.3 Å². The number of carbonyl (C=O) groups excluding carboxylic acids is 1. The Balaban J connectivity index is 1.54. The third-order valence-electron chi connectivity index (χ3n) is 4.80. The summed E-state index contributed by atoms with van der Waals surface area (Å²) in [6.45, 7) is 0.525. The second kappa shape index (κ2) is 7.10. The number of pyridine rings is 1. The molecule has 3 aromatic heterocycles. The molecule has 4 rings (SSSR count). The molecule has 0 unspecified atom stereocenters. The molecule has 28 heavy (non-hydrogen) atoms. The van der Waals surface area contributed by atoms with E-state index in [0.29, 0.717) is 17.2 Å². The van der Waals surface area contributed by atoms with Crippen molar-refractivity contribution >= 4 is 23.1 Å². The first kappa shape index (κ1) is 18.2. The smallest absolute Gasteiger partial charge is 0.356 e. The van der Waals surface area contributed by atoms with Gasteiger partial charge in [0.1, 0.15) is 11.4 Å². The highest BCUT2D eigenvalue weighted by Gasteiger charge is 2.41. The normalized spacial score (nSPS) is 15.8. The number of aromatic nitrogens is 4. The summed E-state index contributed by atoms with van der Waals surface area (Å²) in [5, 5.41) is 6.85. The lowest BCUT2D eigenvalue weighted by Gasteiger charge is -2.33. The molecule has 1 amide bonds. The Morgan fingerprint density at radius 1 is 1.18 bits per heavy atom. The summed E-state index contributed by atoms with van der Waals surface area (Å²) in [5.74, 6) is -1.13. The van der Waals surface area contributed by atoms with E-state index in [1.807, 2.05) is 0 Å².